The molecular formula is C25H25NO3. The molecule has 0 aliphatic carbocycles. The molecule has 0 unspecified atom stereocenters. The third-order valence-electron chi connectivity index (χ3n) is 4.28. The number of hydrogen-bond acceptors (Lipinski definition) is 4. The maximum absolute atomic E-state index is 6.12. The second-order valence-electron chi connectivity index (χ2n) is 6.43. The van der Waals surface area contributed by atoms with Crippen LogP contribution in [0.15, 0.2) is 95.7 Å². The van der Waals surface area contributed by atoms with Crippen molar-refractivity contribution in [2.24, 2.45) is 4.99 Å². The number of methoxy groups -OCH3 is 1. The lowest BCUT2D eigenvalue weighted by molar-refractivity contribution is 0.376. The first-order chi connectivity index (χ1) is 14.2. The van der Waals surface area contributed by atoms with E-state index in [1.807, 2.05) is 92.7 Å². The molecule has 0 aliphatic rings. The molecule has 3 aromatic rings. The van der Waals surface area contributed by atoms with E-state index in [0.717, 1.165) is 17.0 Å². The highest BCUT2D eigenvalue weighted by Crippen LogP contribution is 2.27. The topological polar surface area (TPSA) is 40.0 Å². The molecule has 0 aliphatic heterocycles. The summed E-state index contributed by atoms with van der Waals surface area (Å²) in [6.45, 7) is 4.09. The Bertz CT molecular complexity index is 976. The third kappa shape index (κ3) is 5.72. The molecule has 0 fully saturated rings. The van der Waals surface area contributed by atoms with E-state index >= 15 is 0 Å². The predicted octanol–water partition coefficient (Wildman–Crippen LogP) is 6.49. The zero-order valence-corrected chi connectivity index (χ0v) is 17.0. The van der Waals surface area contributed by atoms with Gasteiger partial charge in [0.1, 0.15) is 5.75 Å². The molecule has 0 atom stereocenters. The van der Waals surface area contributed by atoms with Crippen molar-refractivity contribution in [2.75, 3.05) is 7.11 Å². The van der Waals surface area contributed by atoms with Crippen molar-refractivity contribution in [2.45, 2.75) is 20.3 Å². The summed E-state index contributed by atoms with van der Waals surface area (Å²) < 4.78 is 17.4. The maximum atomic E-state index is 6.12. The first kappa shape index (κ1) is 20.2. The molecule has 0 spiro atoms. The van der Waals surface area contributed by atoms with Crippen LogP contribution in [0.3, 0.4) is 0 Å². The summed E-state index contributed by atoms with van der Waals surface area (Å²) >= 11 is 0. The lowest BCUT2D eigenvalue weighted by Gasteiger charge is -2.13. The lowest BCUT2D eigenvalue weighted by Crippen LogP contribution is -2.12. The second kappa shape index (κ2) is 10.1. The summed E-state index contributed by atoms with van der Waals surface area (Å²) in [5.74, 6) is 2.52. The zero-order valence-electron chi connectivity index (χ0n) is 17.0. The lowest BCUT2D eigenvalue weighted by atomic mass is 10.2. The molecule has 148 valence electrons. The quantitative estimate of drug-likeness (QED) is 0.264. The van der Waals surface area contributed by atoms with Crippen LogP contribution in [-0.4, -0.2) is 13.0 Å². The normalized spacial score (nSPS) is 11.8. The van der Waals surface area contributed by atoms with E-state index in [-0.39, 0.29) is 0 Å². The number of para-hydroxylation sites is 3. The first-order valence-corrected chi connectivity index (χ1v) is 9.57. The van der Waals surface area contributed by atoms with Crippen LogP contribution in [0.4, 0.5) is 5.69 Å². The van der Waals surface area contributed by atoms with Crippen LogP contribution < -0.4 is 14.2 Å². The highest BCUT2D eigenvalue weighted by molar-refractivity contribution is 5.96. The molecule has 0 N–H and O–H groups in total. The van der Waals surface area contributed by atoms with Crippen molar-refractivity contribution in [3.63, 3.8) is 0 Å². The van der Waals surface area contributed by atoms with Gasteiger partial charge in [-0.15, -0.1) is 0 Å². The van der Waals surface area contributed by atoms with Crippen LogP contribution in [0.5, 0.6) is 17.2 Å². The van der Waals surface area contributed by atoms with Gasteiger partial charge in [0.15, 0.2) is 11.5 Å². The number of aryl methyl sites for hydroxylation is 1. The van der Waals surface area contributed by atoms with Crippen LogP contribution in [0.2, 0.25) is 0 Å². The number of aliphatic imine (C=N–C) groups is 1. The average molecular weight is 387 g/mol. The van der Waals surface area contributed by atoms with Crippen molar-refractivity contribution in [1.29, 1.82) is 0 Å². The average Bonchev–Trinajstić information content (AvgIpc) is 2.76. The highest BCUT2D eigenvalue weighted by atomic mass is 16.5. The molecular weight excluding hydrogens is 362 g/mol. The fraction of sp³-hybridized carbons (Fsp3) is 0.160. The third-order valence-corrected chi connectivity index (χ3v) is 4.28. The van der Waals surface area contributed by atoms with Gasteiger partial charge < -0.3 is 14.2 Å². The summed E-state index contributed by atoms with van der Waals surface area (Å²) in [7, 11) is 1.62. The SMILES string of the molecule is CCC(=COc1ccccc1OC)C(=Nc1ccc(C)cc1)Oc1ccccc1. The summed E-state index contributed by atoms with van der Waals surface area (Å²) in [4.78, 5) is 4.74. The van der Waals surface area contributed by atoms with E-state index in [2.05, 4.69) is 0 Å². The van der Waals surface area contributed by atoms with E-state index in [1.165, 1.54) is 5.56 Å². The van der Waals surface area contributed by atoms with Crippen LogP contribution in [0.25, 0.3) is 0 Å². The molecule has 0 aromatic heterocycles. The van der Waals surface area contributed by atoms with Gasteiger partial charge in [0.2, 0.25) is 5.90 Å². The fourth-order valence-electron chi connectivity index (χ4n) is 2.63. The number of benzene rings is 3. The molecule has 0 amide bonds. The largest absolute Gasteiger partial charge is 0.493 e. The summed E-state index contributed by atoms with van der Waals surface area (Å²) in [6, 6.07) is 25.1. The molecule has 0 radical (unpaired) electrons. The van der Waals surface area contributed by atoms with Crippen LogP contribution >= 0.6 is 0 Å². The Morgan fingerprint density at radius 2 is 1.52 bits per heavy atom. The van der Waals surface area contributed by atoms with E-state index < -0.39 is 0 Å². The monoisotopic (exact) mass is 387 g/mol. The molecule has 0 heterocycles. The van der Waals surface area contributed by atoms with Gasteiger partial charge in [-0.25, -0.2) is 4.99 Å². The van der Waals surface area contributed by atoms with Gasteiger partial charge in [0.05, 0.1) is 19.1 Å². The maximum Gasteiger partial charge on any atom is 0.226 e. The molecule has 4 heteroatoms. The van der Waals surface area contributed by atoms with Crippen molar-refractivity contribution >= 4 is 11.6 Å². The van der Waals surface area contributed by atoms with Gasteiger partial charge in [-0.3, -0.25) is 0 Å². The van der Waals surface area contributed by atoms with E-state index in [4.69, 9.17) is 19.2 Å². The Balaban J connectivity index is 1.94. The minimum Gasteiger partial charge on any atom is -0.493 e. The van der Waals surface area contributed by atoms with Crippen molar-refractivity contribution in [1.82, 2.24) is 0 Å². The van der Waals surface area contributed by atoms with Crippen molar-refractivity contribution in [3.8, 4) is 17.2 Å². The number of hydrogen-bond donors (Lipinski definition) is 0. The molecule has 0 bridgehead atoms. The molecule has 0 saturated carbocycles. The summed E-state index contributed by atoms with van der Waals surface area (Å²) in [5.41, 5.74) is 2.83. The van der Waals surface area contributed by atoms with Crippen molar-refractivity contribution < 1.29 is 14.2 Å². The highest BCUT2D eigenvalue weighted by Gasteiger charge is 2.11. The van der Waals surface area contributed by atoms with Crippen LogP contribution in [0, 0.1) is 6.92 Å². The summed E-state index contributed by atoms with van der Waals surface area (Å²) in [6.07, 6.45) is 2.36. The minimum absolute atomic E-state index is 0.498. The van der Waals surface area contributed by atoms with Gasteiger partial charge in [-0.1, -0.05) is 55.0 Å². The molecule has 3 rings (SSSR count). The molecule has 0 saturated heterocycles. The Labute approximate surface area is 172 Å². The number of ether oxygens (including phenoxy) is 3. The standard InChI is InChI=1S/C25H25NO3/c1-4-20(18-28-24-13-9-8-12-23(24)27-3)25(29-22-10-6-5-7-11-22)26-21-16-14-19(2)15-17-21/h5-18H,4H2,1-3H3. The van der Waals surface area contributed by atoms with E-state index in [9.17, 15) is 0 Å². The van der Waals surface area contributed by atoms with Gasteiger partial charge in [-0.2, -0.15) is 0 Å². The van der Waals surface area contributed by atoms with E-state index in [0.29, 0.717) is 23.8 Å². The van der Waals surface area contributed by atoms with Gasteiger partial charge >= 0.3 is 0 Å². The van der Waals surface area contributed by atoms with Crippen LogP contribution in [0.1, 0.15) is 18.9 Å². The fourth-order valence-corrected chi connectivity index (χ4v) is 2.63. The number of rotatable bonds is 7. The second-order valence-corrected chi connectivity index (χ2v) is 6.43. The Hall–Kier alpha value is -3.53. The van der Waals surface area contributed by atoms with Gasteiger partial charge in [0, 0.05) is 5.57 Å². The smallest absolute Gasteiger partial charge is 0.226 e. The number of nitrogens with zero attached hydrogens (tertiary/aromatic N) is 1. The van der Waals surface area contributed by atoms with Gasteiger partial charge in [-0.05, 0) is 49.7 Å². The van der Waals surface area contributed by atoms with E-state index in [1.54, 1.807) is 13.4 Å². The molecule has 4 nitrogen and oxygen atoms in total. The van der Waals surface area contributed by atoms with Gasteiger partial charge in [0.25, 0.3) is 0 Å². The summed E-state index contributed by atoms with van der Waals surface area (Å²) in [5, 5.41) is 0. The van der Waals surface area contributed by atoms with Crippen LogP contribution in [-0.2, 0) is 0 Å². The Morgan fingerprint density at radius 3 is 2.17 bits per heavy atom. The minimum atomic E-state index is 0.498. The predicted molar refractivity (Wildman–Crippen MR) is 117 cm³/mol. The molecule has 29 heavy (non-hydrogen) atoms. The van der Waals surface area contributed by atoms with Crippen molar-refractivity contribution in [3.05, 3.63) is 96.3 Å². The Kier molecular flexibility index (Phi) is 7.06. The zero-order chi connectivity index (χ0) is 20.5. The molecule has 3 aromatic carbocycles. The first-order valence-electron chi connectivity index (χ1n) is 9.57. The Morgan fingerprint density at radius 1 is 0.862 bits per heavy atom.